The smallest absolute Gasteiger partial charge is 0.306 e. The van der Waals surface area contributed by atoms with Gasteiger partial charge in [-0.1, -0.05) is 18.2 Å². The average molecular weight is 293 g/mol. The minimum absolute atomic E-state index is 0.0938. The molecule has 1 N–H and O–H groups in total. The van der Waals surface area contributed by atoms with Crippen LogP contribution in [0, 0.1) is 0 Å². The lowest BCUT2D eigenvalue weighted by Gasteiger charge is -2.32. The van der Waals surface area contributed by atoms with Crippen molar-refractivity contribution < 1.29 is 24.2 Å². The lowest BCUT2D eigenvalue weighted by atomic mass is 10.1. The van der Waals surface area contributed by atoms with Gasteiger partial charge in [0.15, 0.2) is 0 Å². The lowest BCUT2D eigenvalue weighted by molar-refractivity contribution is -0.141. The zero-order valence-electron chi connectivity index (χ0n) is 11.9. The van der Waals surface area contributed by atoms with Gasteiger partial charge in [0.1, 0.15) is 0 Å². The van der Waals surface area contributed by atoms with Crippen molar-refractivity contribution in [2.75, 3.05) is 26.8 Å². The molecule has 6 nitrogen and oxygen atoms in total. The van der Waals surface area contributed by atoms with Gasteiger partial charge in [0, 0.05) is 25.8 Å². The van der Waals surface area contributed by atoms with Crippen molar-refractivity contribution in [1.82, 2.24) is 4.90 Å². The fourth-order valence-corrected chi connectivity index (χ4v) is 2.40. The molecule has 21 heavy (non-hydrogen) atoms. The summed E-state index contributed by atoms with van der Waals surface area (Å²) in [6, 6.07) is 7.28. The molecule has 0 radical (unpaired) electrons. The van der Waals surface area contributed by atoms with Crippen molar-refractivity contribution >= 4 is 11.9 Å². The third-order valence-corrected chi connectivity index (χ3v) is 3.38. The Morgan fingerprint density at radius 1 is 1.43 bits per heavy atom. The largest absolute Gasteiger partial charge is 0.481 e. The molecule has 114 valence electrons. The quantitative estimate of drug-likeness (QED) is 0.881. The molecule has 1 aromatic rings. The number of aliphatic carboxylic acids is 1. The number of morpholine rings is 1. The molecule has 0 bridgehead atoms. The van der Waals surface area contributed by atoms with E-state index < -0.39 is 12.1 Å². The summed E-state index contributed by atoms with van der Waals surface area (Å²) in [5.74, 6) is -1.03. The van der Waals surface area contributed by atoms with Crippen LogP contribution in [0.1, 0.15) is 22.3 Å². The number of methoxy groups -OCH3 is 1. The van der Waals surface area contributed by atoms with E-state index in [1.165, 1.54) is 0 Å². The molecular formula is C15H19NO5. The predicted octanol–water partition coefficient (Wildman–Crippen LogP) is 1.15. The Hall–Kier alpha value is -1.92. The normalized spacial score (nSPS) is 18.5. The molecule has 1 fully saturated rings. The highest BCUT2D eigenvalue weighted by molar-refractivity contribution is 5.95. The number of benzene rings is 1. The first-order chi connectivity index (χ1) is 10.1. The number of carboxylic acids is 1. The zero-order chi connectivity index (χ0) is 15.2. The third-order valence-electron chi connectivity index (χ3n) is 3.38. The first-order valence-corrected chi connectivity index (χ1v) is 6.81. The van der Waals surface area contributed by atoms with Crippen LogP contribution in [0.4, 0.5) is 0 Å². The first-order valence-electron chi connectivity index (χ1n) is 6.81. The summed E-state index contributed by atoms with van der Waals surface area (Å²) in [7, 11) is 1.58. The first kappa shape index (κ1) is 15.5. The molecule has 1 atom stereocenters. The van der Waals surface area contributed by atoms with Crippen molar-refractivity contribution in [3.05, 3.63) is 35.4 Å². The number of hydrogen-bond donors (Lipinski definition) is 1. The van der Waals surface area contributed by atoms with E-state index in [-0.39, 0.29) is 12.3 Å². The molecule has 0 saturated carbocycles. The van der Waals surface area contributed by atoms with Crippen molar-refractivity contribution in [3.63, 3.8) is 0 Å². The maximum Gasteiger partial charge on any atom is 0.306 e. The minimum atomic E-state index is -0.922. The van der Waals surface area contributed by atoms with Crippen molar-refractivity contribution in [2.24, 2.45) is 0 Å². The van der Waals surface area contributed by atoms with Crippen LogP contribution in [-0.2, 0) is 20.9 Å². The number of ether oxygens (including phenoxy) is 2. The Morgan fingerprint density at radius 2 is 2.19 bits per heavy atom. The highest BCUT2D eigenvalue weighted by Crippen LogP contribution is 2.16. The molecule has 1 aliphatic rings. The van der Waals surface area contributed by atoms with Crippen LogP contribution >= 0.6 is 0 Å². The van der Waals surface area contributed by atoms with E-state index in [2.05, 4.69) is 0 Å². The summed E-state index contributed by atoms with van der Waals surface area (Å²) in [5.41, 5.74) is 1.42. The Bertz CT molecular complexity index is 517. The molecule has 0 spiro atoms. The molecule has 1 aromatic carbocycles. The van der Waals surface area contributed by atoms with E-state index in [9.17, 15) is 9.59 Å². The summed E-state index contributed by atoms with van der Waals surface area (Å²) < 4.78 is 10.5. The van der Waals surface area contributed by atoms with Gasteiger partial charge in [0.25, 0.3) is 5.91 Å². The molecule has 1 heterocycles. The molecule has 1 saturated heterocycles. The second-order valence-electron chi connectivity index (χ2n) is 4.93. The van der Waals surface area contributed by atoms with Gasteiger partial charge in [-0.3, -0.25) is 9.59 Å². The van der Waals surface area contributed by atoms with Gasteiger partial charge in [-0.2, -0.15) is 0 Å². The molecule has 1 aliphatic heterocycles. The summed E-state index contributed by atoms with van der Waals surface area (Å²) in [4.78, 5) is 25.0. The monoisotopic (exact) mass is 293 g/mol. The second-order valence-corrected chi connectivity index (χ2v) is 4.93. The second kappa shape index (κ2) is 7.19. The number of carbonyl (C=O) groups is 2. The number of carbonyl (C=O) groups excluding carboxylic acids is 1. The maximum absolute atomic E-state index is 12.6. The molecule has 0 aromatic heterocycles. The SMILES string of the molecule is COCc1ccccc1C(=O)N1CCO[C@@H](CC(=O)O)C1. The Morgan fingerprint density at radius 3 is 2.90 bits per heavy atom. The van der Waals surface area contributed by atoms with Crippen LogP contribution < -0.4 is 0 Å². The number of amides is 1. The standard InChI is InChI=1S/C15H19NO5/c1-20-10-11-4-2-3-5-13(11)15(19)16-6-7-21-12(9-16)8-14(17)18/h2-5,12H,6-10H2,1H3,(H,17,18)/t12-/m0/s1. The highest BCUT2D eigenvalue weighted by Gasteiger charge is 2.27. The van der Waals surface area contributed by atoms with Crippen LogP contribution in [0.15, 0.2) is 24.3 Å². The third kappa shape index (κ3) is 4.03. The van der Waals surface area contributed by atoms with Gasteiger partial charge >= 0.3 is 5.97 Å². The number of carboxylic acid groups (broad SMARTS) is 1. The average Bonchev–Trinajstić information content (AvgIpc) is 2.47. The summed E-state index contributed by atoms with van der Waals surface area (Å²) in [6.07, 6.45) is -0.543. The summed E-state index contributed by atoms with van der Waals surface area (Å²) in [6.45, 7) is 1.49. The predicted molar refractivity (Wildman–Crippen MR) is 75.1 cm³/mol. The van der Waals surface area contributed by atoms with Gasteiger partial charge in [-0.15, -0.1) is 0 Å². The number of rotatable bonds is 5. The van der Waals surface area contributed by atoms with Crippen molar-refractivity contribution in [3.8, 4) is 0 Å². The number of hydrogen-bond acceptors (Lipinski definition) is 4. The van der Waals surface area contributed by atoms with E-state index in [1.807, 2.05) is 18.2 Å². The van der Waals surface area contributed by atoms with Crippen molar-refractivity contribution in [1.29, 1.82) is 0 Å². The van der Waals surface area contributed by atoms with E-state index >= 15 is 0 Å². The van der Waals surface area contributed by atoms with Gasteiger partial charge < -0.3 is 19.5 Å². The fraction of sp³-hybridized carbons (Fsp3) is 0.467. The minimum Gasteiger partial charge on any atom is -0.481 e. The van der Waals surface area contributed by atoms with E-state index in [1.54, 1.807) is 18.1 Å². The van der Waals surface area contributed by atoms with Gasteiger partial charge in [0.2, 0.25) is 0 Å². The summed E-state index contributed by atoms with van der Waals surface area (Å²) in [5, 5.41) is 8.82. The molecular weight excluding hydrogens is 274 g/mol. The van der Waals surface area contributed by atoms with Crippen LogP contribution in [0.25, 0.3) is 0 Å². The van der Waals surface area contributed by atoms with E-state index in [0.717, 1.165) is 5.56 Å². The Balaban J connectivity index is 2.10. The van der Waals surface area contributed by atoms with Crippen LogP contribution in [0.5, 0.6) is 0 Å². The molecule has 6 heteroatoms. The summed E-state index contributed by atoms with van der Waals surface area (Å²) >= 11 is 0. The molecule has 0 unspecified atom stereocenters. The Kier molecular flexibility index (Phi) is 5.30. The zero-order valence-corrected chi connectivity index (χ0v) is 11.9. The van der Waals surface area contributed by atoms with Gasteiger partial charge in [-0.25, -0.2) is 0 Å². The van der Waals surface area contributed by atoms with Crippen LogP contribution in [-0.4, -0.2) is 54.8 Å². The van der Waals surface area contributed by atoms with E-state index in [0.29, 0.717) is 31.9 Å². The van der Waals surface area contributed by atoms with Gasteiger partial charge in [0.05, 0.1) is 25.7 Å². The molecule has 0 aliphatic carbocycles. The van der Waals surface area contributed by atoms with E-state index in [4.69, 9.17) is 14.6 Å². The lowest BCUT2D eigenvalue weighted by Crippen LogP contribution is -2.46. The van der Waals surface area contributed by atoms with Crippen molar-refractivity contribution in [2.45, 2.75) is 19.1 Å². The number of nitrogens with zero attached hydrogens (tertiary/aromatic N) is 1. The molecule has 2 rings (SSSR count). The highest BCUT2D eigenvalue weighted by atomic mass is 16.5. The molecule has 1 amide bonds. The van der Waals surface area contributed by atoms with Crippen LogP contribution in [0.3, 0.4) is 0 Å². The Labute approximate surface area is 123 Å². The fourth-order valence-electron chi connectivity index (χ4n) is 2.40. The van der Waals surface area contributed by atoms with Crippen LogP contribution in [0.2, 0.25) is 0 Å². The topological polar surface area (TPSA) is 76.1 Å². The maximum atomic E-state index is 12.6. The van der Waals surface area contributed by atoms with Gasteiger partial charge in [-0.05, 0) is 11.6 Å².